The monoisotopic (exact) mass is 381 g/mol. The van der Waals surface area contributed by atoms with Crippen LogP contribution in [0.15, 0.2) is 42.5 Å². The summed E-state index contributed by atoms with van der Waals surface area (Å²) in [7, 11) is 1.50. The predicted molar refractivity (Wildman–Crippen MR) is 94.2 cm³/mol. The molecule has 2 aromatic carbocycles. The Balaban J connectivity index is 2.07. The number of carbonyl (C=O) groups excluding carboxylic acids is 1. The topological polar surface area (TPSA) is 75.5 Å². The average Bonchev–Trinajstić information content (AvgIpc) is 2.55. The summed E-state index contributed by atoms with van der Waals surface area (Å²) in [6, 6.07) is 9.50. The van der Waals surface area contributed by atoms with Crippen molar-refractivity contribution in [1.82, 2.24) is 4.90 Å². The van der Waals surface area contributed by atoms with E-state index in [0.717, 1.165) is 6.07 Å². The van der Waals surface area contributed by atoms with Gasteiger partial charge in [-0.05, 0) is 37.2 Å². The van der Waals surface area contributed by atoms with Crippen molar-refractivity contribution in [3.63, 3.8) is 0 Å². The first-order valence-corrected chi connectivity index (χ1v) is 7.96. The van der Waals surface area contributed by atoms with Gasteiger partial charge in [-0.1, -0.05) is 24.3 Å². The lowest BCUT2D eigenvalue weighted by molar-refractivity contribution is -0.384. The van der Waals surface area contributed by atoms with E-state index in [1.54, 1.807) is 13.0 Å². The Morgan fingerprint density at radius 2 is 1.89 bits per heavy atom. The van der Waals surface area contributed by atoms with Gasteiger partial charge >= 0.3 is 6.18 Å². The van der Waals surface area contributed by atoms with Gasteiger partial charge in [0.25, 0.3) is 5.69 Å². The van der Waals surface area contributed by atoms with Crippen molar-refractivity contribution < 1.29 is 22.9 Å². The number of amides is 1. The number of nitro groups is 1. The number of anilines is 1. The molecule has 1 N–H and O–H groups in total. The molecule has 0 aliphatic heterocycles. The molecule has 144 valence electrons. The van der Waals surface area contributed by atoms with Crippen LogP contribution in [0.1, 0.15) is 16.7 Å². The maximum atomic E-state index is 13.0. The van der Waals surface area contributed by atoms with Crippen LogP contribution < -0.4 is 5.32 Å². The molecule has 0 bridgehead atoms. The smallest absolute Gasteiger partial charge is 0.319 e. The quantitative estimate of drug-likeness (QED) is 0.606. The highest BCUT2D eigenvalue weighted by atomic mass is 19.4. The molecule has 6 nitrogen and oxygen atoms in total. The lowest BCUT2D eigenvalue weighted by atomic mass is 10.1. The Labute approximate surface area is 153 Å². The number of benzene rings is 2. The van der Waals surface area contributed by atoms with Crippen molar-refractivity contribution >= 4 is 17.3 Å². The Morgan fingerprint density at radius 1 is 1.22 bits per heavy atom. The maximum Gasteiger partial charge on any atom is 0.416 e. The zero-order chi connectivity index (χ0) is 20.2. The van der Waals surface area contributed by atoms with Crippen molar-refractivity contribution in [2.45, 2.75) is 19.6 Å². The molecule has 0 atom stereocenters. The van der Waals surface area contributed by atoms with Crippen molar-refractivity contribution in [3.05, 3.63) is 69.3 Å². The van der Waals surface area contributed by atoms with Crippen LogP contribution in [0.25, 0.3) is 0 Å². The minimum Gasteiger partial charge on any atom is -0.319 e. The summed E-state index contributed by atoms with van der Waals surface area (Å²) >= 11 is 0. The van der Waals surface area contributed by atoms with E-state index in [-0.39, 0.29) is 30.0 Å². The average molecular weight is 381 g/mol. The molecule has 0 aromatic heterocycles. The minimum absolute atomic E-state index is 0.0414. The second-order valence-corrected chi connectivity index (χ2v) is 6.15. The fourth-order valence-electron chi connectivity index (χ4n) is 2.61. The van der Waals surface area contributed by atoms with Gasteiger partial charge in [0.15, 0.2) is 0 Å². The lowest BCUT2D eigenvalue weighted by Gasteiger charge is -2.19. The zero-order valence-electron chi connectivity index (χ0n) is 14.7. The van der Waals surface area contributed by atoms with Crippen molar-refractivity contribution in [2.75, 3.05) is 18.9 Å². The number of nitrogens with zero attached hydrogens (tertiary/aromatic N) is 2. The third-order valence-electron chi connectivity index (χ3n) is 3.80. The summed E-state index contributed by atoms with van der Waals surface area (Å²) in [5.74, 6) is -0.561. The minimum atomic E-state index is -4.48. The van der Waals surface area contributed by atoms with E-state index >= 15 is 0 Å². The summed E-state index contributed by atoms with van der Waals surface area (Å²) in [6.07, 6.45) is -4.48. The molecule has 0 heterocycles. The van der Waals surface area contributed by atoms with Gasteiger partial charge in [0.2, 0.25) is 5.91 Å². The van der Waals surface area contributed by atoms with Crippen molar-refractivity contribution in [1.29, 1.82) is 0 Å². The number of aryl methyl sites for hydroxylation is 1. The SMILES string of the molecule is Cc1ccc(NC(=O)CN(C)Cc2ccccc2C(F)(F)F)c([N+](=O)[O-])c1. The summed E-state index contributed by atoms with van der Waals surface area (Å²) in [5, 5.41) is 13.5. The van der Waals surface area contributed by atoms with Crippen LogP contribution >= 0.6 is 0 Å². The first kappa shape index (κ1) is 20.4. The number of nitrogens with one attached hydrogen (secondary N) is 1. The largest absolute Gasteiger partial charge is 0.416 e. The molecule has 0 saturated heterocycles. The normalized spacial score (nSPS) is 11.5. The molecule has 0 unspecified atom stereocenters. The van der Waals surface area contributed by atoms with Gasteiger partial charge in [0.05, 0.1) is 17.0 Å². The van der Waals surface area contributed by atoms with Gasteiger partial charge < -0.3 is 5.32 Å². The molecule has 0 spiro atoms. The Morgan fingerprint density at radius 3 is 2.52 bits per heavy atom. The molecule has 2 rings (SSSR count). The molecular formula is C18H18F3N3O3. The van der Waals surface area contributed by atoms with E-state index in [1.807, 2.05) is 0 Å². The van der Waals surface area contributed by atoms with Crippen LogP contribution in [0.3, 0.4) is 0 Å². The van der Waals surface area contributed by atoms with Crippen LogP contribution in [0.2, 0.25) is 0 Å². The third-order valence-corrected chi connectivity index (χ3v) is 3.80. The number of hydrogen-bond donors (Lipinski definition) is 1. The van der Waals surface area contributed by atoms with E-state index in [4.69, 9.17) is 0 Å². The molecule has 0 saturated carbocycles. The molecule has 1 amide bonds. The van der Waals surface area contributed by atoms with Gasteiger partial charge in [-0.3, -0.25) is 19.8 Å². The van der Waals surface area contributed by atoms with Gasteiger partial charge in [-0.25, -0.2) is 0 Å². The fourth-order valence-corrected chi connectivity index (χ4v) is 2.61. The maximum absolute atomic E-state index is 13.0. The molecule has 0 radical (unpaired) electrons. The molecule has 27 heavy (non-hydrogen) atoms. The van der Waals surface area contributed by atoms with E-state index in [2.05, 4.69) is 5.32 Å². The van der Waals surface area contributed by atoms with Crippen LogP contribution in [-0.4, -0.2) is 29.3 Å². The summed E-state index contributed by atoms with van der Waals surface area (Å²) in [6.45, 7) is 1.36. The van der Waals surface area contributed by atoms with Crippen LogP contribution in [-0.2, 0) is 17.5 Å². The van der Waals surface area contributed by atoms with Gasteiger partial charge in [0.1, 0.15) is 5.69 Å². The first-order chi connectivity index (χ1) is 12.6. The van der Waals surface area contributed by atoms with E-state index in [1.165, 1.54) is 42.3 Å². The highest BCUT2D eigenvalue weighted by molar-refractivity contribution is 5.94. The Kier molecular flexibility index (Phi) is 6.17. The lowest BCUT2D eigenvalue weighted by Crippen LogP contribution is -2.30. The molecular weight excluding hydrogens is 363 g/mol. The summed E-state index contributed by atoms with van der Waals surface area (Å²) in [4.78, 5) is 24.0. The zero-order valence-corrected chi connectivity index (χ0v) is 14.7. The molecule has 0 fully saturated rings. The van der Waals surface area contributed by atoms with Crippen LogP contribution in [0.4, 0.5) is 24.5 Å². The number of hydrogen-bond acceptors (Lipinski definition) is 4. The highest BCUT2D eigenvalue weighted by Crippen LogP contribution is 2.32. The first-order valence-electron chi connectivity index (χ1n) is 7.96. The molecule has 2 aromatic rings. The van der Waals surface area contributed by atoms with E-state index in [0.29, 0.717) is 5.56 Å². The number of alkyl halides is 3. The number of nitro benzene ring substituents is 1. The van der Waals surface area contributed by atoms with Crippen LogP contribution in [0.5, 0.6) is 0 Å². The number of likely N-dealkylation sites (N-methyl/N-ethyl adjacent to an activating group) is 1. The number of carbonyl (C=O) groups is 1. The van der Waals surface area contributed by atoms with Gasteiger partial charge in [0, 0.05) is 12.6 Å². The van der Waals surface area contributed by atoms with Crippen molar-refractivity contribution in [2.24, 2.45) is 0 Å². The van der Waals surface area contributed by atoms with Crippen molar-refractivity contribution in [3.8, 4) is 0 Å². The van der Waals surface area contributed by atoms with Crippen LogP contribution in [0, 0.1) is 17.0 Å². The Bertz CT molecular complexity index is 853. The fraction of sp³-hybridized carbons (Fsp3) is 0.278. The van der Waals surface area contributed by atoms with E-state index < -0.39 is 22.6 Å². The van der Waals surface area contributed by atoms with Gasteiger partial charge in [-0.2, -0.15) is 13.2 Å². The summed E-state index contributed by atoms with van der Waals surface area (Å²) < 4.78 is 39.1. The predicted octanol–water partition coefficient (Wildman–Crippen LogP) is 3.99. The summed E-state index contributed by atoms with van der Waals surface area (Å²) in [5.41, 5.74) is -0.248. The third kappa shape index (κ3) is 5.52. The number of halogens is 3. The van der Waals surface area contributed by atoms with E-state index in [9.17, 15) is 28.1 Å². The second kappa shape index (κ2) is 8.17. The molecule has 0 aliphatic rings. The second-order valence-electron chi connectivity index (χ2n) is 6.15. The molecule has 0 aliphatic carbocycles. The number of rotatable bonds is 6. The molecule has 9 heteroatoms. The highest BCUT2D eigenvalue weighted by Gasteiger charge is 2.33. The van der Waals surface area contributed by atoms with Gasteiger partial charge in [-0.15, -0.1) is 0 Å². The Hall–Kier alpha value is -2.94. The standard InChI is InChI=1S/C18H18F3N3O3/c1-12-7-8-15(16(9-12)24(26)27)22-17(25)11-23(2)10-13-5-3-4-6-14(13)18(19,20)21/h3-9H,10-11H2,1-2H3,(H,22,25).